The van der Waals surface area contributed by atoms with E-state index in [0.29, 0.717) is 27.7 Å². The van der Waals surface area contributed by atoms with E-state index >= 15 is 0 Å². The molecule has 1 aliphatic carbocycles. The summed E-state index contributed by atoms with van der Waals surface area (Å²) in [5.41, 5.74) is 1.80. The topological polar surface area (TPSA) is 86.8 Å². The Bertz CT molecular complexity index is 1480. The summed E-state index contributed by atoms with van der Waals surface area (Å²) in [7, 11) is -4.12. The standard InChI is InChI=1S/C31H35Cl2N3O4S/c1-3-29(31(38)34-25-11-7-8-12-25)35(20-23-16-17-24(32)19-28(23)33)30(37)21-36(26-13-9-10-22(2)18-26)41(39,40)27-14-5-4-6-15-27/h4-6,9-10,13-19,25,29H,3,7-8,11-12,20-21H2,1-2H3,(H,34,38). The summed E-state index contributed by atoms with van der Waals surface area (Å²) in [4.78, 5) is 29.2. The van der Waals surface area contributed by atoms with Gasteiger partial charge in [-0.15, -0.1) is 0 Å². The second-order valence-corrected chi connectivity index (χ2v) is 13.0. The number of carbonyl (C=O) groups is 2. The third-order valence-corrected chi connectivity index (χ3v) is 9.72. The fraction of sp³-hybridized carbons (Fsp3) is 0.355. The fourth-order valence-electron chi connectivity index (χ4n) is 5.15. The molecule has 1 unspecified atom stereocenters. The van der Waals surface area contributed by atoms with Crippen LogP contribution in [-0.2, 0) is 26.2 Å². The monoisotopic (exact) mass is 615 g/mol. The van der Waals surface area contributed by atoms with Crippen molar-refractivity contribution >= 4 is 50.7 Å². The van der Waals surface area contributed by atoms with Gasteiger partial charge in [0.1, 0.15) is 12.6 Å². The Balaban J connectivity index is 1.73. The molecular weight excluding hydrogens is 581 g/mol. The van der Waals surface area contributed by atoms with Crippen LogP contribution in [0.4, 0.5) is 5.69 Å². The zero-order valence-electron chi connectivity index (χ0n) is 23.2. The van der Waals surface area contributed by atoms with Crippen molar-refractivity contribution in [3.05, 3.63) is 94.0 Å². The number of amides is 2. The summed E-state index contributed by atoms with van der Waals surface area (Å²) >= 11 is 12.6. The first-order valence-corrected chi connectivity index (χ1v) is 16.0. The number of nitrogens with zero attached hydrogens (tertiary/aromatic N) is 2. The van der Waals surface area contributed by atoms with Crippen molar-refractivity contribution < 1.29 is 18.0 Å². The van der Waals surface area contributed by atoms with Crippen LogP contribution < -0.4 is 9.62 Å². The molecule has 0 saturated heterocycles. The van der Waals surface area contributed by atoms with E-state index in [1.807, 2.05) is 19.9 Å². The predicted octanol–water partition coefficient (Wildman–Crippen LogP) is 6.36. The Morgan fingerprint density at radius 3 is 2.32 bits per heavy atom. The molecule has 1 N–H and O–H groups in total. The van der Waals surface area contributed by atoms with Crippen LogP contribution in [0.2, 0.25) is 10.0 Å². The quantitative estimate of drug-likeness (QED) is 0.272. The van der Waals surface area contributed by atoms with Gasteiger partial charge in [0.2, 0.25) is 11.8 Å². The van der Waals surface area contributed by atoms with Gasteiger partial charge in [-0.3, -0.25) is 13.9 Å². The van der Waals surface area contributed by atoms with E-state index in [1.54, 1.807) is 54.6 Å². The Morgan fingerprint density at radius 1 is 0.976 bits per heavy atom. The number of halogens is 2. The van der Waals surface area contributed by atoms with Crippen molar-refractivity contribution in [2.75, 3.05) is 10.8 Å². The molecule has 1 aliphatic rings. The number of aryl methyl sites for hydroxylation is 1. The van der Waals surface area contributed by atoms with Gasteiger partial charge in [0.25, 0.3) is 10.0 Å². The lowest BCUT2D eigenvalue weighted by Crippen LogP contribution is -2.53. The summed E-state index contributed by atoms with van der Waals surface area (Å²) in [6.45, 7) is 3.20. The fourth-order valence-corrected chi connectivity index (χ4v) is 7.05. The molecule has 0 spiro atoms. The maximum absolute atomic E-state index is 14.2. The normalized spacial score (nSPS) is 14.4. The number of benzene rings is 3. The minimum atomic E-state index is -4.12. The molecule has 1 saturated carbocycles. The van der Waals surface area contributed by atoms with Gasteiger partial charge in [-0.25, -0.2) is 8.42 Å². The molecule has 4 rings (SSSR count). The average molecular weight is 617 g/mol. The van der Waals surface area contributed by atoms with Crippen molar-refractivity contribution in [1.29, 1.82) is 0 Å². The van der Waals surface area contributed by atoms with Crippen LogP contribution in [0, 0.1) is 6.92 Å². The number of carbonyl (C=O) groups excluding carboxylic acids is 2. The highest BCUT2D eigenvalue weighted by Gasteiger charge is 2.34. The first kappa shape index (κ1) is 30.9. The summed E-state index contributed by atoms with van der Waals surface area (Å²) in [6, 6.07) is 19.2. The van der Waals surface area contributed by atoms with E-state index in [9.17, 15) is 18.0 Å². The van der Waals surface area contributed by atoms with Gasteiger partial charge >= 0.3 is 0 Å². The molecule has 1 fully saturated rings. The van der Waals surface area contributed by atoms with Gasteiger partial charge in [-0.2, -0.15) is 0 Å². The van der Waals surface area contributed by atoms with E-state index in [0.717, 1.165) is 35.6 Å². The molecule has 1 atom stereocenters. The summed E-state index contributed by atoms with van der Waals surface area (Å²) in [5, 5.41) is 3.91. The van der Waals surface area contributed by atoms with Crippen LogP contribution in [0.15, 0.2) is 77.7 Å². The van der Waals surface area contributed by atoms with Crippen LogP contribution in [-0.4, -0.2) is 43.8 Å². The highest BCUT2D eigenvalue weighted by molar-refractivity contribution is 7.92. The molecule has 3 aromatic rings. The van der Waals surface area contributed by atoms with E-state index < -0.39 is 28.5 Å². The van der Waals surface area contributed by atoms with Crippen molar-refractivity contribution in [2.45, 2.75) is 69.5 Å². The number of rotatable bonds is 11. The average Bonchev–Trinajstić information content (AvgIpc) is 3.46. The van der Waals surface area contributed by atoms with Gasteiger partial charge in [0, 0.05) is 22.6 Å². The molecule has 0 heterocycles. The van der Waals surface area contributed by atoms with Crippen molar-refractivity contribution in [3.8, 4) is 0 Å². The van der Waals surface area contributed by atoms with Crippen molar-refractivity contribution in [3.63, 3.8) is 0 Å². The van der Waals surface area contributed by atoms with Crippen LogP contribution in [0.5, 0.6) is 0 Å². The minimum absolute atomic E-state index is 0.0124. The smallest absolute Gasteiger partial charge is 0.264 e. The first-order valence-electron chi connectivity index (χ1n) is 13.8. The summed E-state index contributed by atoms with van der Waals surface area (Å²) < 4.78 is 28.9. The van der Waals surface area contributed by atoms with Crippen LogP contribution >= 0.6 is 23.2 Å². The Kier molecular flexibility index (Phi) is 10.3. The number of hydrogen-bond donors (Lipinski definition) is 1. The van der Waals surface area contributed by atoms with Crippen molar-refractivity contribution in [2.24, 2.45) is 0 Å². The zero-order valence-corrected chi connectivity index (χ0v) is 25.6. The van der Waals surface area contributed by atoms with Gasteiger partial charge in [0.15, 0.2) is 0 Å². The predicted molar refractivity (Wildman–Crippen MR) is 164 cm³/mol. The van der Waals surface area contributed by atoms with Crippen LogP contribution in [0.25, 0.3) is 0 Å². The van der Waals surface area contributed by atoms with Gasteiger partial charge in [-0.05, 0) is 73.7 Å². The largest absolute Gasteiger partial charge is 0.352 e. The SMILES string of the molecule is CCC(C(=O)NC1CCCC1)N(Cc1ccc(Cl)cc1Cl)C(=O)CN(c1cccc(C)c1)S(=O)(=O)c1ccccc1. The molecular formula is C31H35Cl2N3O4S. The Morgan fingerprint density at radius 2 is 1.68 bits per heavy atom. The first-order chi connectivity index (χ1) is 19.6. The highest BCUT2D eigenvalue weighted by atomic mass is 35.5. The molecule has 10 heteroatoms. The number of sulfonamides is 1. The number of nitrogens with one attached hydrogen (secondary N) is 1. The molecule has 0 aromatic heterocycles. The molecule has 0 aliphatic heterocycles. The third kappa shape index (κ3) is 7.61. The van der Waals surface area contributed by atoms with Gasteiger partial charge < -0.3 is 10.2 Å². The molecule has 218 valence electrons. The van der Waals surface area contributed by atoms with E-state index in [-0.39, 0.29) is 23.4 Å². The zero-order chi connectivity index (χ0) is 29.6. The molecule has 0 bridgehead atoms. The Hall–Kier alpha value is -3.07. The summed E-state index contributed by atoms with van der Waals surface area (Å²) in [6.07, 6.45) is 4.23. The van der Waals surface area contributed by atoms with Crippen LogP contribution in [0.1, 0.15) is 50.2 Å². The van der Waals surface area contributed by atoms with Crippen LogP contribution in [0.3, 0.4) is 0 Å². The second kappa shape index (κ2) is 13.7. The lowest BCUT2D eigenvalue weighted by molar-refractivity contribution is -0.140. The third-order valence-electron chi connectivity index (χ3n) is 7.34. The highest BCUT2D eigenvalue weighted by Crippen LogP contribution is 2.27. The molecule has 41 heavy (non-hydrogen) atoms. The molecule has 3 aromatic carbocycles. The maximum Gasteiger partial charge on any atom is 0.264 e. The Labute approximate surface area is 252 Å². The lowest BCUT2D eigenvalue weighted by atomic mass is 10.1. The minimum Gasteiger partial charge on any atom is -0.352 e. The number of anilines is 1. The maximum atomic E-state index is 14.2. The lowest BCUT2D eigenvalue weighted by Gasteiger charge is -2.34. The van der Waals surface area contributed by atoms with Gasteiger partial charge in [-0.1, -0.05) is 79.4 Å². The molecule has 2 amide bonds. The number of hydrogen-bond acceptors (Lipinski definition) is 4. The molecule has 0 radical (unpaired) electrons. The molecule has 7 nitrogen and oxygen atoms in total. The van der Waals surface area contributed by atoms with E-state index in [2.05, 4.69) is 5.32 Å². The van der Waals surface area contributed by atoms with E-state index in [4.69, 9.17) is 23.2 Å². The second-order valence-electron chi connectivity index (χ2n) is 10.3. The van der Waals surface area contributed by atoms with Crippen molar-refractivity contribution in [1.82, 2.24) is 10.2 Å². The summed E-state index contributed by atoms with van der Waals surface area (Å²) in [5.74, 6) is -0.781. The van der Waals surface area contributed by atoms with E-state index in [1.165, 1.54) is 17.0 Å². The van der Waals surface area contributed by atoms with Gasteiger partial charge in [0.05, 0.1) is 10.6 Å².